The van der Waals surface area contributed by atoms with Crippen LogP contribution in [0.5, 0.6) is 17.4 Å². The van der Waals surface area contributed by atoms with E-state index >= 15 is 0 Å². The molecule has 3 aromatic carbocycles. The van der Waals surface area contributed by atoms with Gasteiger partial charge in [0.15, 0.2) is 11.5 Å². The summed E-state index contributed by atoms with van der Waals surface area (Å²) in [5.41, 5.74) is 10.3. The molecule has 0 fully saturated rings. The van der Waals surface area contributed by atoms with Gasteiger partial charge in [-0.3, -0.25) is 5.10 Å². The fourth-order valence-electron chi connectivity index (χ4n) is 4.13. The largest absolute Gasteiger partial charge is 0.493 e. The second-order valence-corrected chi connectivity index (χ2v) is 7.93. The average molecular weight is 468 g/mol. The molecule has 0 aliphatic carbocycles. The van der Waals surface area contributed by atoms with Crippen LogP contribution in [0, 0.1) is 17.1 Å². The third-order valence-corrected chi connectivity index (χ3v) is 5.83. The highest BCUT2D eigenvalue weighted by Gasteiger charge is 2.36. The van der Waals surface area contributed by atoms with Gasteiger partial charge in [0.25, 0.3) is 0 Å². The van der Waals surface area contributed by atoms with Gasteiger partial charge in [0, 0.05) is 0 Å². The van der Waals surface area contributed by atoms with Gasteiger partial charge in [-0.2, -0.15) is 5.26 Å². The summed E-state index contributed by atoms with van der Waals surface area (Å²) >= 11 is 0. The highest BCUT2D eigenvalue weighted by atomic mass is 19.1. The maximum Gasteiger partial charge on any atom is 0.244 e. The van der Waals surface area contributed by atoms with E-state index in [-0.39, 0.29) is 23.9 Å². The number of ether oxygens (including phenoxy) is 3. The Bertz CT molecular complexity index is 1440. The summed E-state index contributed by atoms with van der Waals surface area (Å²) in [5.74, 6) is 0.490. The highest BCUT2D eigenvalue weighted by Crippen LogP contribution is 2.47. The third-order valence-electron chi connectivity index (χ3n) is 5.83. The number of nitriles is 1. The molecule has 1 aliphatic rings. The van der Waals surface area contributed by atoms with Crippen molar-refractivity contribution in [1.82, 2.24) is 10.2 Å². The van der Waals surface area contributed by atoms with Gasteiger partial charge in [-0.25, -0.2) is 4.39 Å². The first-order valence-corrected chi connectivity index (χ1v) is 10.9. The van der Waals surface area contributed by atoms with Crippen LogP contribution in [-0.4, -0.2) is 17.3 Å². The minimum atomic E-state index is -0.530. The van der Waals surface area contributed by atoms with Gasteiger partial charge in [0.1, 0.15) is 24.1 Å². The smallest absolute Gasteiger partial charge is 0.244 e. The molecule has 3 N–H and O–H groups in total. The number of hydrogen-bond acceptors (Lipinski definition) is 6. The molecule has 7 nitrogen and oxygen atoms in total. The predicted octanol–water partition coefficient (Wildman–Crippen LogP) is 5.02. The fraction of sp³-hybridized carbons (Fsp3) is 0.111. The Kier molecular flexibility index (Phi) is 5.81. The Labute approximate surface area is 201 Å². The molecule has 0 spiro atoms. The number of aromatic amines is 1. The SMILES string of the molecule is COc1cc(C2C(C#N)=C(N)Oc3n[nH]c(-c4ccccc4)c32)ccc1OCc1ccc(F)cc1. The Hall–Kier alpha value is -4.77. The Morgan fingerprint density at radius 1 is 1.09 bits per heavy atom. The van der Waals surface area contributed by atoms with Crippen LogP contribution in [-0.2, 0) is 6.61 Å². The first-order valence-electron chi connectivity index (χ1n) is 10.9. The molecule has 5 rings (SSSR count). The maximum atomic E-state index is 13.2. The van der Waals surface area contributed by atoms with E-state index in [4.69, 9.17) is 19.9 Å². The molecule has 35 heavy (non-hydrogen) atoms. The van der Waals surface area contributed by atoms with Crippen molar-refractivity contribution in [3.8, 4) is 34.7 Å². The molecule has 1 unspecified atom stereocenters. The number of nitrogens with zero attached hydrogens (tertiary/aromatic N) is 2. The van der Waals surface area contributed by atoms with Crippen molar-refractivity contribution in [3.63, 3.8) is 0 Å². The van der Waals surface area contributed by atoms with Crippen molar-refractivity contribution in [1.29, 1.82) is 5.26 Å². The van der Waals surface area contributed by atoms with Crippen molar-refractivity contribution in [2.45, 2.75) is 12.5 Å². The lowest BCUT2D eigenvalue weighted by Gasteiger charge is -2.25. The molecule has 174 valence electrons. The number of rotatable bonds is 6. The van der Waals surface area contributed by atoms with Crippen LogP contribution in [0.25, 0.3) is 11.3 Å². The molecule has 0 radical (unpaired) electrons. The van der Waals surface area contributed by atoms with E-state index in [1.165, 1.54) is 12.1 Å². The lowest BCUT2D eigenvalue weighted by molar-refractivity contribution is 0.284. The fourth-order valence-corrected chi connectivity index (χ4v) is 4.13. The number of nitrogens with one attached hydrogen (secondary N) is 1. The summed E-state index contributed by atoms with van der Waals surface area (Å²) in [6, 6.07) is 23.4. The average Bonchev–Trinajstić information content (AvgIpc) is 3.31. The van der Waals surface area contributed by atoms with Crippen LogP contribution in [0.3, 0.4) is 0 Å². The first kappa shape index (κ1) is 22.0. The molecule has 0 saturated carbocycles. The number of benzene rings is 3. The third kappa shape index (κ3) is 4.15. The van der Waals surface area contributed by atoms with Crippen molar-refractivity contribution in [2.24, 2.45) is 5.73 Å². The number of allylic oxidation sites excluding steroid dienone is 1. The molecule has 0 amide bonds. The van der Waals surface area contributed by atoms with Crippen molar-refractivity contribution in [3.05, 3.63) is 107 Å². The summed E-state index contributed by atoms with van der Waals surface area (Å²) in [6.07, 6.45) is 0. The van der Waals surface area contributed by atoms with Crippen LogP contribution in [0.15, 0.2) is 84.3 Å². The van der Waals surface area contributed by atoms with E-state index in [1.54, 1.807) is 25.3 Å². The normalized spacial score (nSPS) is 14.6. The predicted molar refractivity (Wildman–Crippen MR) is 127 cm³/mol. The van der Waals surface area contributed by atoms with Gasteiger partial charge in [0.05, 0.1) is 24.3 Å². The van der Waals surface area contributed by atoms with Crippen molar-refractivity contribution in [2.75, 3.05) is 7.11 Å². The zero-order valence-corrected chi connectivity index (χ0v) is 18.8. The van der Waals surface area contributed by atoms with Gasteiger partial charge in [-0.1, -0.05) is 48.5 Å². The van der Waals surface area contributed by atoms with E-state index in [2.05, 4.69) is 16.3 Å². The molecular formula is C27H21FN4O3. The van der Waals surface area contributed by atoms with Crippen LogP contribution < -0.4 is 19.9 Å². The first-order chi connectivity index (χ1) is 17.1. The van der Waals surface area contributed by atoms with Gasteiger partial charge in [-0.05, 0) is 41.0 Å². The molecule has 4 aromatic rings. The number of aromatic nitrogens is 2. The van der Waals surface area contributed by atoms with Gasteiger partial charge >= 0.3 is 0 Å². The molecule has 1 atom stereocenters. The molecular weight excluding hydrogens is 447 g/mol. The number of H-pyrrole nitrogens is 1. The Morgan fingerprint density at radius 3 is 2.57 bits per heavy atom. The topological polar surface area (TPSA) is 106 Å². The molecule has 1 aliphatic heterocycles. The number of hydrogen-bond donors (Lipinski definition) is 2. The Balaban J connectivity index is 1.54. The van der Waals surface area contributed by atoms with E-state index < -0.39 is 5.92 Å². The van der Waals surface area contributed by atoms with Crippen LogP contribution in [0.4, 0.5) is 4.39 Å². The second kappa shape index (κ2) is 9.23. The lowest BCUT2D eigenvalue weighted by atomic mass is 9.83. The second-order valence-electron chi connectivity index (χ2n) is 7.93. The number of nitrogens with two attached hydrogens (primary N) is 1. The molecule has 8 heteroatoms. The zero-order valence-electron chi connectivity index (χ0n) is 18.8. The Morgan fingerprint density at radius 2 is 1.86 bits per heavy atom. The quantitative estimate of drug-likeness (QED) is 0.412. The minimum Gasteiger partial charge on any atom is -0.493 e. The number of halogens is 1. The molecule has 0 bridgehead atoms. The van der Waals surface area contributed by atoms with E-state index in [1.807, 2.05) is 42.5 Å². The minimum absolute atomic E-state index is 0.00622. The van der Waals surface area contributed by atoms with E-state index in [0.717, 1.165) is 22.4 Å². The van der Waals surface area contributed by atoms with Crippen LogP contribution in [0.2, 0.25) is 0 Å². The van der Waals surface area contributed by atoms with Crippen molar-refractivity contribution >= 4 is 0 Å². The standard InChI is InChI=1S/C27H21FN4O3/c1-33-22-13-18(9-12-21(22)34-15-16-7-10-19(28)11-8-16)23-20(14-29)26(30)35-27-24(23)25(31-32-27)17-5-3-2-4-6-17/h2-13,23H,15,30H2,1H3,(H,31,32). The van der Waals surface area contributed by atoms with Crippen LogP contribution in [0.1, 0.15) is 22.6 Å². The van der Waals surface area contributed by atoms with Gasteiger partial charge in [-0.15, -0.1) is 5.10 Å². The van der Waals surface area contributed by atoms with Gasteiger partial charge < -0.3 is 19.9 Å². The lowest BCUT2D eigenvalue weighted by Crippen LogP contribution is -2.21. The maximum absolute atomic E-state index is 13.2. The number of fused-ring (bicyclic) bond motifs is 1. The summed E-state index contributed by atoms with van der Waals surface area (Å²) in [4.78, 5) is 0. The molecule has 1 aromatic heterocycles. The van der Waals surface area contributed by atoms with Gasteiger partial charge in [0.2, 0.25) is 11.8 Å². The van der Waals surface area contributed by atoms with Crippen LogP contribution >= 0.6 is 0 Å². The monoisotopic (exact) mass is 468 g/mol. The highest BCUT2D eigenvalue weighted by molar-refractivity contribution is 5.71. The summed E-state index contributed by atoms with van der Waals surface area (Å²) in [5, 5.41) is 17.3. The molecule has 2 heterocycles. The summed E-state index contributed by atoms with van der Waals surface area (Å²) in [6.45, 7) is 0.244. The molecule has 0 saturated heterocycles. The zero-order chi connectivity index (χ0) is 24.4. The van der Waals surface area contributed by atoms with E-state index in [0.29, 0.717) is 22.9 Å². The van der Waals surface area contributed by atoms with Crippen molar-refractivity contribution < 1.29 is 18.6 Å². The summed E-state index contributed by atoms with van der Waals surface area (Å²) in [7, 11) is 1.54. The number of methoxy groups -OCH3 is 1. The van der Waals surface area contributed by atoms with E-state index in [9.17, 15) is 9.65 Å². The summed E-state index contributed by atoms with van der Waals surface area (Å²) < 4.78 is 30.4.